The standard InChI is InChI=1S/C15H23NO4/c1-3-4-16-7-12-5-14-15(20-10-19-14)6-13(12)18-9-11(2)8-17/h5-6,11,16-17H,3-4,7-10H2,1-2H3. The summed E-state index contributed by atoms with van der Waals surface area (Å²) in [5.74, 6) is 2.38. The Kier molecular flexibility index (Phi) is 5.49. The molecule has 0 saturated carbocycles. The van der Waals surface area contributed by atoms with E-state index < -0.39 is 0 Å². The lowest BCUT2D eigenvalue weighted by Crippen LogP contribution is -2.16. The Labute approximate surface area is 119 Å². The van der Waals surface area contributed by atoms with E-state index in [1.807, 2.05) is 19.1 Å². The fraction of sp³-hybridized carbons (Fsp3) is 0.600. The third-order valence-corrected chi connectivity index (χ3v) is 3.13. The molecule has 1 aromatic rings. The molecule has 112 valence electrons. The van der Waals surface area contributed by atoms with Crippen LogP contribution in [-0.2, 0) is 6.54 Å². The highest BCUT2D eigenvalue weighted by Crippen LogP contribution is 2.38. The second-order valence-electron chi connectivity index (χ2n) is 5.09. The highest BCUT2D eigenvalue weighted by molar-refractivity contribution is 5.51. The average molecular weight is 281 g/mol. The molecule has 5 nitrogen and oxygen atoms in total. The van der Waals surface area contributed by atoms with Crippen LogP contribution < -0.4 is 19.5 Å². The third kappa shape index (κ3) is 3.77. The first kappa shape index (κ1) is 14.9. The Bertz CT molecular complexity index is 436. The van der Waals surface area contributed by atoms with Crippen molar-refractivity contribution in [2.24, 2.45) is 5.92 Å². The topological polar surface area (TPSA) is 60.0 Å². The molecule has 2 N–H and O–H groups in total. The monoisotopic (exact) mass is 281 g/mol. The quantitative estimate of drug-likeness (QED) is 0.713. The number of nitrogens with one attached hydrogen (secondary N) is 1. The van der Waals surface area contributed by atoms with Crippen LogP contribution in [-0.4, -0.2) is 31.7 Å². The molecule has 1 atom stereocenters. The maximum Gasteiger partial charge on any atom is 0.231 e. The summed E-state index contributed by atoms with van der Waals surface area (Å²) in [6.45, 7) is 6.63. The Morgan fingerprint density at radius 3 is 2.80 bits per heavy atom. The number of ether oxygens (including phenoxy) is 3. The van der Waals surface area contributed by atoms with E-state index in [2.05, 4.69) is 12.2 Å². The predicted molar refractivity (Wildman–Crippen MR) is 76.3 cm³/mol. The molecule has 1 aromatic carbocycles. The molecule has 0 radical (unpaired) electrons. The third-order valence-electron chi connectivity index (χ3n) is 3.13. The molecule has 1 heterocycles. The summed E-state index contributed by atoms with van der Waals surface area (Å²) in [5.41, 5.74) is 1.05. The number of aliphatic hydroxyl groups excluding tert-OH is 1. The number of hydrogen-bond donors (Lipinski definition) is 2. The van der Waals surface area contributed by atoms with Crippen LogP contribution in [0.15, 0.2) is 12.1 Å². The van der Waals surface area contributed by atoms with Crippen molar-refractivity contribution in [2.45, 2.75) is 26.8 Å². The number of hydrogen-bond acceptors (Lipinski definition) is 5. The molecule has 20 heavy (non-hydrogen) atoms. The van der Waals surface area contributed by atoms with Crippen LogP contribution in [0.1, 0.15) is 25.8 Å². The first-order valence-electron chi connectivity index (χ1n) is 7.11. The minimum Gasteiger partial charge on any atom is -0.493 e. The highest BCUT2D eigenvalue weighted by atomic mass is 16.7. The van der Waals surface area contributed by atoms with Crippen LogP contribution in [0.3, 0.4) is 0 Å². The zero-order valence-corrected chi connectivity index (χ0v) is 12.1. The molecule has 5 heteroatoms. The van der Waals surface area contributed by atoms with Crippen molar-refractivity contribution < 1.29 is 19.3 Å². The van der Waals surface area contributed by atoms with Crippen LogP contribution in [0, 0.1) is 5.92 Å². The van der Waals surface area contributed by atoms with Crippen molar-refractivity contribution in [1.29, 1.82) is 0 Å². The van der Waals surface area contributed by atoms with Gasteiger partial charge in [0.15, 0.2) is 11.5 Å². The van der Waals surface area contributed by atoms with Crippen molar-refractivity contribution in [1.82, 2.24) is 5.32 Å². The van der Waals surface area contributed by atoms with Gasteiger partial charge in [-0.2, -0.15) is 0 Å². The maximum atomic E-state index is 9.07. The lowest BCUT2D eigenvalue weighted by Gasteiger charge is -2.15. The first-order valence-corrected chi connectivity index (χ1v) is 7.11. The van der Waals surface area contributed by atoms with Crippen LogP contribution >= 0.6 is 0 Å². The van der Waals surface area contributed by atoms with Crippen molar-refractivity contribution in [3.8, 4) is 17.2 Å². The van der Waals surface area contributed by atoms with Gasteiger partial charge in [0.1, 0.15) is 5.75 Å². The summed E-state index contributed by atoms with van der Waals surface area (Å²) in [5, 5.41) is 12.4. The van der Waals surface area contributed by atoms with Crippen LogP contribution in [0.2, 0.25) is 0 Å². The molecule has 1 aliphatic heterocycles. The van der Waals surface area contributed by atoms with Gasteiger partial charge in [0.05, 0.1) is 6.61 Å². The lowest BCUT2D eigenvalue weighted by atomic mass is 10.1. The van der Waals surface area contributed by atoms with Crippen molar-refractivity contribution in [3.05, 3.63) is 17.7 Å². The van der Waals surface area contributed by atoms with E-state index in [1.165, 1.54) is 0 Å². The zero-order valence-electron chi connectivity index (χ0n) is 12.1. The average Bonchev–Trinajstić information content (AvgIpc) is 2.91. The summed E-state index contributed by atoms with van der Waals surface area (Å²) >= 11 is 0. The molecule has 0 spiro atoms. The van der Waals surface area contributed by atoms with Gasteiger partial charge in [-0.1, -0.05) is 13.8 Å². The number of fused-ring (bicyclic) bond motifs is 1. The number of benzene rings is 1. The van der Waals surface area contributed by atoms with Gasteiger partial charge in [0, 0.05) is 30.7 Å². The summed E-state index contributed by atoms with van der Waals surface area (Å²) in [7, 11) is 0. The minimum absolute atomic E-state index is 0.108. The van der Waals surface area contributed by atoms with Crippen LogP contribution in [0.4, 0.5) is 0 Å². The van der Waals surface area contributed by atoms with Gasteiger partial charge < -0.3 is 24.6 Å². The van der Waals surface area contributed by atoms with E-state index in [9.17, 15) is 0 Å². The summed E-state index contributed by atoms with van der Waals surface area (Å²) < 4.78 is 16.6. The van der Waals surface area contributed by atoms with Gasteiger partial charge in [-0.15, -0.1) is 0 Å². The molecule has 1 unspecified atom stereocenters. The van der Waals surface area contributed by atoms with E-state index in [1.54, 1.807) is 0 Å². The Hall–Kier alpha value is -1.46. The predicted octanol–water partition coefficient (Wildman–Crippen LogP) is 1.92. The van der Waals surface area contributed by atoms with Gasteiger partial charge in [-0.3, -0.25) is 0 Å². The van der Waals surface area contributed by atoms with Gasteiger partial charge in [0.2, 0.25) is 6.79 Å². The molecule has 1 aliphatic rings. The SMILES string of the molecule is CCCNCc1cc2c(cc1OCC(C)CO)OCO2. The molecule has 0 fully saturated rings. The molecule has 0 aliphatic carbocycles. The fourth-order valence-electron chi connectivity index (χ4n) is 1.92. The molecular formula is C15H23NO4. The van der Waals surface area contributed by atoms with E-state index in [0.29, 0.717) is 6.61 Å². The van der Waals surface area contributed by atoms with E-state index >= 15 is 0 Å². The molecule has 0 aromatic heterocycles. The molecule has 0 bridgehead atoms. The first-order chi connectivity index (χ1) is 9.74. The Morgan fingerprint density at radius 2 is 2.10 bits per heavy atom. The smallest absolute Gasteiger partial charge is 0.231 e. The van der Waals surface area contributed by atoms with Crippen LogP contribution in [0.25, 0.3) is 0 Å². The summed E-state index contributed by atoms with van der Waals surface area (Å²) in [6, 6.07) is 3.83. The van der Waals surface area contributed by atoms with Gasteiger partial charge in [-0.25, -0.2) is 0 Å². The van der Waals surface area contributed by atoms with Crippen molar-refractivity contribution in [3.63, 3.8) is 0 Å². The van der Waals surface area contributed by atoms with Gasteiger partial charge >= 0.3 is 0 Å². The number of rotatable bonds is 8. The van der Waals surface area contributed by atoms with Crippen molar-refractivity contribution in [2.75, 3.05) is 26.6 Å². The highest BCUT2D eigenvalue weighted by Gasteiger charge is 2.18. The van der Waals surface area contributed by atoms with Crippen LogP contribution in [0.5, 0.6) is 17.2 Å². The molecule has 0 amide bonds. The normalized spacial score (nSPS) is 14.3. The summed E-state index contributed by atoms with van der Waals surface area (Å²) in [6.07, 6.45) is 1.09. The van der Waals surface area contributed by atoms with E-state index in [-0.39, 0.29) is 19.3 Å². The Balaban J connectivity index is 2.09. The van der Waals surface area contributed by atoms with Crippen molar-refractivity contribution >= 4 is 0 Å². The summed E-state index contributed by atoms with van der Waals surface area (Å²) in [4.78, 5) is 0. The van der Waals surface area contributed by atoms with E-state index in [4.69, 9.17) is 19.3 Å². The Morgan fingerprint density at radius 1 is 1.35 bits per heavy atom. The van der Waals surface area contributed by atoms with E-state index in [0.717, 1.165) is 42.3 Å². The van der Waals surface area contributed by atoms with Gasteiger partial charge in [-0.05, 0) is 19.0 Å². The lowest BCUT2D eigenvalue weighted by molar-refractivity contribution is 0.171. The minimum atomic E-state index is 0.108. The largest absolute Gasteiger partial charge is 0.493 e. The molecular weight excluding hydrogens is 258 g/mol. The van der Waals surface area contributed by atoms with Gasteiger partial charge in [0.25, 0.3) is 0 Å². The maximum absolute atomic E-state index is 9.07. The number of aliphatic hydroxyl groups is 1. The zero-order chi connectivity index (χ0) is 14.4. The second-order valence-corrected chi connectivity index (χ2v) is 5.09. The molecule has 2 rings (SSSR count). The second kappa shape index (κ2) is 7.36. The fourth-order valence-corrected chi connectivity index (χ4v) is 1.92. The molecule has 0 saturated heterocycles.